The van der Waals surface area contributed by atoms with E-state index in [9.17, 15) is 27.6 Å². The Labute approximate surface area is 230 Å². The molecule has 3 aromatic rings. The Morgan fingerprint density at radius 2 is 1.57 bits per heavy atom. The van der Waals surface area contributed by atoms with Crippen molar-refractivity contribution in [2.45, 2.75) is 45.1 Å². The lowest BCUT2D eigenvalue weighted by Gasteiger charge is -2.26. The minimum absolute atomic E-state index is 0.0192. The summed E-state index contributed by atoms with van der Waals surface area (Å²) in [5.41, 5.74) is 0.851. The highest BCUT2D eigenvalue weighted by molar-refractivity contribution is 5.97. The average Bonchev–Trinajstić information content (AvgIpc) is 2.94. The smallest absolute Gasteiger partial charge is 0.350 e. The van der Waals surface area contributed by atoms with Crippen LogP contribution in [-0.4, -0.2) is 39.8 Å². The predicted octanol–water partition coefficient (Wildman–Crippen LogP) is 3.85. The number of nitrogens with zero attached hydrogens (tertiary/aromatic N) is 2. The second kappa shape index (κ2) is 13.5. The van der Waals surface area contributed by atoms with Crippen molar-refractivity contribution in [3.8, 4) is 0 Å². The van der Waals surface area contributed by atoms with E-state index in [0.717, 1.165) is 17.7 Å². The molecule has 0 radical (unpaired) electrons. The van der Waals surface area contributed by atoms with E-state index in [4.69, 9.17) is 0 Å². The quantitative estimate of drug-likeness (QED) is 0.312. The number of amides is 3. The van der Waals surface area contributed by atoms with Gasteiger partial charge in [-0.15, -0.1) is 0 Å². The maximum Gasteiger partial charge on any atom is 0.416 e. The summed E-state index contributed by atoms with van der Waals surface area (Å²) in [6.07, 6.45) is -0.302. The van der Waals surface area contributed by atoms with Crippen LogP contribution in [0, 0.1) is 5.92 Å². The van der Waals surface area contributed by atoms with E-state index in [-0.39, 0.29) is 24.6 Å². The van der Waals surface area contributed by atoms with Crippen molar-refractivity contribution in [1.29, 1.82) is 0 Å². The summed E-state index contributed by atoms with van der Waals surface area (Å²) >= 11 is 0. The lowest BCUT2D eigenvalue weighted by Crippen LogP contribution is -2.55. The largest absolute Gasteiger partial charge is 0.416 e. The average molecular weight is 554 g/mol. The van der Waals surface area contributed by atoms with E-state index in [2.05, 4.69) is 32.5 Å². The SMILES string of the molecule is C=C(C(C)C)[C@H](NC(=O)C(Cc1ccccc1)NC(=O)c1cnccn1)C(=O)NCc1ccc(C(F)(F)F)cc1. The van der Waals surface area contributed by atoms with Gasteiger partial charge in [-0.3, -0.25) is 19.4 Å². The van der Waals surface area contributed by atoms with E-state index >= 15 is 0 Å². The molecule has 210 valence electrons. The molecule has 8 nitrogen and oxygen atoms in total. The summed E-state index contributed by atoms with van der Waals surface area (Å²) in [7, 11) is 0. The van der Waals surface area contributed by atoms with Crippen molar-refractivity contribution in [3.05, 3.63) is 108 Å². The molecule has 3 N–H and O–H groups in total. The van der Waals surface area contributed by atoms with Gasteiger partial charge in [0.2, 0.25) is 11.8 Å². The molecule has 1 heterocycles. The summed E-state index contributed by atoms with van der Waals surface area (Å²) in [6, 6.07) is 11.2. The molecule has 2 atom stereocenters. The first-order chi connectivity index (χ1) is 19.0. The van der Waals surface area contributed by atoms with E-state index in [1.165, 1.54) is 30.7 Å². The van der Waals surface area contributed by atoms with Gasteiger partial charge in [-0.25, -0.2) is 4.98 Å². The van der Waals surface area contributed by atoms with Crippen LogP contribution in [0.4, 0.5) is 13.2 Å². The topological polar surface area (TPSA) is 113 Å². The zero-order chi connectivity index (χ0) is 29.3. The third-order valence-electron chi connectivity index (χ3n) is 6.11. The summed E-state index contributed by atoms with van der Waals surface area (Å²) in [6.45, 7) is 7.52. The van der Waals surface area contributed by atoms with Gasteiger partial charge in [-0.2, -0.15) is 13.2 Å². The number of carbonyl (C=O) groups is 3. The molecule has 0 aliphatic rings. The first-order valence-electron chi connectivity index (χ1n) is 12.5. The standard InChI is InChI=1S/C29H30F3N5O3/c1-18(2)19(3)25(28(40)35-16-21-9-11-22(12-10-21)29(30,31)32)37-26(38)23(15-20-7-5-4-6-8-20)36-27(39)24-17-33-13-14-34-24/h4-14,17-18,23,25H,3,15-16H2,1-2H3,(H,35,40)(H,36,39)(H,37,38)/t23?,25-/m0/s1. The van der Waals surface area contributed by atoms with Crippen molar-refractivity contribution < 1.29 is 27.6 Å². The van der Waals surface area contributed by atoms with E-state index < -0.39 is 41.5 Å². The lowest BCUT2D eigenvalue weighted by molar-refractivity contribution is -0.137. The number of nitrogens with one attached hydrogen (secondary N) is 3. The minimum atomic E-state index is -4.47. The van der Waals surface area contributed by atoms with Crippen LogP contribution in [-0.2, 0) is 28.7 Å². The van der Waals surface area contributed by atoms with Crippen LogP contribution >= 0.6 is 0 Å². The number of alkyl halides is 3. The zero-order valence-corrected chi connectivity index (χ0v) is 22.0. The molecule has 0 aliphatic carbocycles. The molecule has 3 amide bonds. The highest BCUT2D eigenvalue weighted by Gasteiger charge is 2.31. The number of hydrogen-bond acceptors (Lipinski definition) is 5. The molecule has 2 aromatic carbocycles. The number of benzene rings is 2. The van der Waals surface area contributed by atoms with Gasteiger partial charge in [0.05, 0.1) is 11.8 Å². The molecule has 0 spiro atoms. The number of hydrogen-bond donors (Lipinski definition) is 3. The molecule has 0 saturated carbocycles. The molecule has 0 saturated heterocycles. The van der Waals surface area contributed by atoms with Crippen LogP contribution in [0.1, 0.15) is 41.0 Å². The van der Waals surface area contributed by atoms with Gasteiger partial charge in [0.15, 0.2) is 0 Å². The van der Waals surface area contributed by atoms with Crippen molar-refractivity contribution in [1.82, 2.24) is 25.9 Å². The summed E-state index contributed by atoms with van der Waals surface area (Å²) in [5, 5.41) is 8.01. The molecule has 1 aromatic heterocycles. The molecule has 0 fully saturated rings. The fourth-order valence-electron chi connectivity index (χ4n) is 3.71. The molecule has 0 bridgehead atoms. The van der Waals surface area contributed by atoms with Crippen LogP contribution in [0.15, 0.2) is 85.3 Å². The van der Waals surface area contributed by atoms with Gasteiger partial charge in [0.1, 0.15) is 17.8 Å². The van der Waals surface area contributed by atoms with Gasteiger partial charge < -0.3 is 16.0 Å². The Bertz CT molecular complexity index is 1310. The monoisotopic (exact) mass is 553 g/mol. The van der Waals surface area contributed by atoms with Crippen molar-refractivity contribution in [3.63, 3.8) is 0 Å². The van der Waals surface area contributed by atoms with Crippen molar-refractivity contribution >= 4 is 17.7 Å². The predicted molar refractivity (Wildman–Crippen MR) is 143 cm³/mol. The first-order valence-corrected chi connectivity index (χ1v) is 12.5. The Hall–Kier alpha value is -4.54. The Morgan fingerprint density at radius 1 is 0.900 bits per heavy atom. The highest BCUT2D eigenvalue weighted by Crippen LogP contribution is 2.29. The van der Waals surface area contributed by atoms with E-state index in [1.54, 1.807) is 24.3 Å². The Kier molecular flexibility index (Phi) is 10.1. The van der Waals surface area contributed by atoms with Crippen LogP contribution in [0.25, 0.3) is 0 Å². The van der Waals surface area contributed by atoms with Gasteiger partial charge >= 0.3 is 6.18 Å². The normalized spacial score (nSPS) is 12.8. The molecular weight excluding hydrogens is 523 g/mol. The lowest BCUT2D eigenvalue weighted by atomic mass is 9.95. The molecule has 40 heavy (non-hydrogen) atoms. The van der Waals surface area contributed by atoms with E-state index in [0.29, 0.717) is 11.1 Å². The Balaban J connectivity index is 1.76. The molecule has 11 heteroatoms. The van der Waals surface area contributed by atoms with Gasteiger partial charge in [-0.1, -0.05) is 62.9 Å². The van der Waals surface area contributed by atoms with Crippen LogP contribution in [0.3, 0.4) is 0 Å². The second-order valence-corrected chi connectivity index (χ2v) is 9.39. The molecular formula is C29H30F3N5O3. The number of halogens is 3. The van der Waals surface area contributed by atoms with Crippen molar-refractivity contribution in [2.75, 3.05) is 0 Å². The van der Waals surface area contributed by atoms with Crippen LogP contribution in [0.5, 0.6) is 0 Å². The summed E-state index contributed by atoms with van der Waals surface area (Å²) < 4.78 is 38.6. The fourth-order valence-corrected chi connectivity index (χ4v) is 3.71. The third-order valence-corrected chi connectivity index (χ3v) is 6.11. The summed E-state index contributed by atoms with van der Waals surface area (Å²) in [5.74, 6) is -2.03. The maximum absolute atomic E-state index is 13.5. The number of aromatic nitrogens is 2. The van der Waals surface area contributed by atoms with E-state index in [1.807, 2.05) is 19.9 Å². The van der Waals surface area contributed by atoms with Gasteiger partial charge in [0.25, 0.3) is 5.91 Å². The molecule has 0 aliphatic heterocycles. The maximum atomic E-state index is 13.5. The first kappa shape index (κ1) is 30.0. The summed E-state index contributed by atoms with van der Waals surface area (Å²) in [4.78, 5) is 47.3. The second-order valence-electron chi connectivity index (χ2n) is 9.39. The van der Waals surface area contributed by atoms with Crippen LogP contribution in [0.2, 0.25) is 0 Å². The highest BCUT2D eigenvalue weighted by atomic mass is 19.4. The third kappa shape index (κ3) is 8.48. The molecule has 3 rings (SSSR count). The Morgan fingerprint density at radius 3 is 2.15 bits per heavy atom. The molecule has 1 unspecified atom stereocenters. The number of rotatable bonds is 11. The van der Waals surface area contributed by atoms with Gasteiger partial charge in [0, 0.05) is 25.4 Å². The zero-order valence-electron chi connectivity index (χ0n) is 22.0. The minimum Gasteiger partial charge on any atom is -0.350 e. The van der Waals surface area contributed by atoms with Gasteiger partial charge in [-0.05, 0) is 34.8 Å². The fraction of sp³-hybridized carbons (Fsp3) is 0.276. The number of carbonyl (C=O) groups excluding carboxylic acids is 3. The van der Waals surface area contributed by atoms with Crippen LogP contribution < -0.4 is 16.0 Å². The van der Waals surface area contributed by atoms with Crippen molar-refractivity contribution in [2.24, 2.45) is 5.92 Å².